The molecule has 4 unspecified atom stereocenters. The highest BCUT2D eigenvalue weighted by molar-refractivity contribution is 8.00. The first kappa shape index (κ1) is 16.3. The first-order valence-electron chi connectivity index (χ1n) is 7.70. The van der Waals surface area contributed by atoms with E-state index in [4.69, 9.17) is 0 Å². The van der Waals surface area contributed by atoms with E-state index in [0.717, 1.165) is 11.3 Å². The second-order valence-corrected chi connectivity index (χ2v) is 7.51. The smallest absolute Gasteiger partial charge is 0.233 e. The van der Waals surface area contributed by atoms with Crippen molar-refractivity contribution >= 4 is 17.7 Å². The van der Waals surface area contributed by atoms with E-state index >= 15 is 0 Å². The van der Waals surface area contributed by atoms with Crippen molar-refractivity contribution in [1.29, 1.82) is 0 Å². The van der Waals surface area contributed by atoms with Crippen molar-refractivity contribution in [2.75, 3.05) is 0 Å². The van der Waals surface area contributed by atoms with Gasteiger partial charge in [0.05, 0.1) is 5.25 Å². The van der Waals surface area contributed by atoms with E-state index < -0.39 is 0 Å². The molecule has 21 heavy (non-hydrogen) atoms. The Hall–Kier alpha value is -1.03. The van der Waals surface area contributed by atoms with Crippen molar-refractivity contribution in [3.8, 4) is 0 Å². The average molecular weight is 309 g/mol. The van der Waals surface area contributed by atoms with Crippen LogP contribution >= 0.6 is 11.8 Å². The monoisotopic (exact) mass is 309 g/mol. The summed E-state index contributed by atoms with van der Waals surface area (Å²) >= 11 is 1.47. The van der Waals surface area contributed by atoms with Crippen LogP contribution in [0.3, 0.4) is 0 Å². The summed E-state index contributed by atoms with van der Waals surface area (Å²) in [5.41, 5.74) is 0. The highest BCUT2D eigenvalue weighted by atomic mass is 32.2. The highest BCUT2D eigenvalue weighted by Crippen LogP contribution is 2.30. The number of halogens is 1. The summed E-state index contributed by atoms with van der Waals surface area (Å²) in [5, 5.41) is 3.03. The van der Waals surface area contributed by atoms with Gasteiger partial charge in [-0.15, -0.1) is 11.8 Å². The molecule has 2 rings (SSSR count). The Morgan fingerprint density at radius 3 is 2.62 bits per heavy atom. The van der Waals surface area contributed by atoms with E-state index in [-0.39, 0.29) is 23.0 Å². The number of nitrogens with one attached hydrogen (secondary N) is 1. The summed E-state index contributed by atoms with van der Waals surface area (Å²) in [7, 11) is 0. The van der Waals surface area contributed by atoms with Crippen LogP contribution in [0.25, 0.3) is 0 Å². The van der Waals surface area contributed by atoms with Gasteiger partial charge in [0.25, 0.3) is 0 Å². The van der Waals surface area contributed by atoms with E-state index in [0.29, 0.717) is 11.8 Å². The van der Waals surface area contributed by atoms with Gasteiger partial charge in [0.1, 0.15) is 5.82 Å². The normalized spacial score (nSPS) is 27.1. The molecule has 0 radical (unpaired) electrons. The molecule has 0 saturated heterocycles. The molecule has 0 spiro atoms. The zero-order valence-corrected chi connectivity index (χ0v) is 13.8. The SMILES string of the molecule is CC(Sc1ccc(F)cc1)C(=O)NC1CCCC(C)C1C. The number of rotatable bonds is 4. The van der Waals surface area contributed by atoms with E-state index in [1.807, 2.05) is 6.92 Å². The van der Waals surface area contributed by atoms with Crippen molar-refractivity contribution in [3.05, 3.63) is 30.1 Å². The van der Waals surface area contributed by atoms with Crippen molar-refractivity contribution in [1.82, 2.24) is 5.32 Å². The van der Waals surface area contributed by atoms with Gasteiger partial charge in [-0.25, -0.2) is 4.39 Å². The van der Waals surface area contributed by atoms with E-state index in [1.54, 1.807) is 12.1 Å². The second kappa shape index (κ2) is 7.30. The zero-order chi connectivity index (χ0) is 15.4. The third-order valence-electron chi connectivity index (χ3n) is 4.53. The molecular weight excluding hydrogens is 285 g/mol. The van der Waals surface area contributed by atoms with Gasteiger partial charge in [-0.2, -0.15) is 0 Å². The van der Waals surface area contributed by atoms with Crippen LogP contribution in [-0.4, -0.2) is 17.2 Å². The second-order valence-electron chi connectivity index (χ2n) is 6.10. The van der Waals surface area contributed by atoms with Crippen molar-refractivity contribution in [3.63, 3.8) is 0 Å². The first-order chi connectivity index (χ1) is 9.97. The predicted molar refractivity (Wildman–Crippen MR) is 85.8 cm³/mol. The zero-order valence-electron chi connectivity index (χ0n) is 12.9. The molecule has 116 valence electrons. The largest absolute Gasteiger partial charge is 0.352 e. The molecular formula is C17H24FNOS. The predicted octanol–water partition coefficient (Wildman–Crippen LogP) is 4.25. The molecule has 4 heteroatoms. The Balaban J connectivity index is 1.88. The number of hydrogen-bond acceptors (Lipinski definition) is 2. The lowest BCUT2D eigenvalue weighted by Gasteiger charge is -2.35. The van der Waals surface area contributed by atoms with Crippen LogP contribution in [0.5, 0.6) is 0 Å². The van der Waals surface area contributed by atoms with E-state index in [9.17, 15) is 9.18 Å². The molecule has 1 aromatic rings. The Morgan fingerprint density at radius 1 is 1.29 bits per heavy atom. The molecule has 1 aromatic carbocycles. The number of benzene rings is 1. The Kier molecular flexibility index (Phi) is 5.68. The first-order valence-corrected chi connectivity index (χ1v) is 8.58. The minimum Gasteiger partial charge on any atom is -0.352 e. The van der Waals surface area contributed by atoms with Gasteiger partial charge in [0.2, 0.25) is 5.91 Å². The molecule has 0 aliphatic heterocycles. The Bertz CT molecular complexity index is 476. The molecule has 0 bridgehead atoms. The van der Waals surface area contributed by atoms with E-state index in [1.165, 1.54) is 36.7 Å². The average Bonchev–Trinajstić information content (AvgIpc) is 2.46. The van der Waals surface area contributed by atoms with Crippen LogP contribution in [0, 0.1) is 17.7 Å². The lowest BCUT2D eigenvalue weighted by Crippen LogP contribution is -2.46. The fourth-order valence-electron chi connectivity index (χ4n) is 2.86. The molecule has 1 fully saturated rings. The number of thioether (sulfide) groups is 1. The van der Waals surface area contributed by atoms with Crippen molar-refractivity contribution in [2.45, 2.75) is 56.2 Å². The lowest BCUT2D eigenvalue weighted by molar-refractivity contribution is -0.121. The molecule has 4 atom stereocenters. The summed E-state index contributed by atoms with van der Waals surface area (Å²) < 4.78 is 12.9. The van der Waals surface area contributed by atoms with Gasteiger partial charge >= 0.3 is 0 Å². The molecule has 2 nitrogen and oxygen atoms in total. The highest BCUT2D eigenvalue weighted by Gasteiger charge is 2.29. The van der Waals surface area contributed by atoms with Gasteiger partial charge in [0, 0.05) is 10.9 Å². The van der Waals surface area contributed by atoms with Gasteiger partial charge in [0.15, 0.2) is 0 Å². The maximum Gasteiger partial charge on any atom is 0.233 e. The van der Waals surface area contributed by atoms with Crippen molar-refractivity contribution in [2.24, 2.45) is 11.8 Å². The van der Waals surface area contributed by atoms with Crippen LogP contribution < -0.4 is 5.32 Å². The quantitative estimate of drug-likeness (QED) is 0.843. The summed E-state index contributed by atoms with van der Waals surface area (Å²) in [6.45, 7) is 6.40. The minimum atomic E-state index is -0.249. The van der Waals surface area contributed by atoms with Gasteiger partial charge in [-0.3, -0.25) is 4.79 Å². The van der Waals surface area contributed by atoms with Crippen LogP contribution in [0.15, 0.2) is 29.2 Å². The summed E-state index contributed by atoms with van der Waals surface area (Å²) in [4.78, 5) is 13.2. The molecule has 1 amide bonds. The number of hydrogen-bond donors (Lipinski definition) is 1. The molecule has 1 aliphatic carbocycles. The third kappa shape index (κ3) is 4.47. The third-order valence-corrected chi connectivity index (χ3v) is 5.64. The van der Waals surface area contributed by atoms with Crippen LogP contribution in [0.4, 0.5) is 4.39 Å². The van der Waals surface area contributed by atoms with Gasteiger partial charge < -0.3 is 5.32 Å². The lowest BCUT2D eigenvalue weighted by atomic mass is 9.78. The number of carbonyl (C=O) groups excluding carboxylic acids is 1. The van der Waals surface area contributed by atoms with Crippen LogP contribution in [0.2, 0.25) is 0 Å². The fraction of sp³-hybridized carbons (Fsp3) is 0.588. The number of amides is 1. The minimum absolute atomic E-state index is 0.0790. The molecule has 1 N–H and O–H groups in total. The summed E-state index contributed by atoms with van der Waals surface area (Å²) in [6, 6.07) is 6.58. The Labute approximate surface area is 130 Å². The molecule has 0 heterocycles. The standard InChI is InChI=1S/C17H24FNOS/c1-11-5-4-6-16(12(11)2)19-17(20)13(3)21-15-9-7-14(18)8-10-15/h7-13,16H,4-6H2,1-3H3,(H,19,20). The molecule has 1 saturated carbocycles. The maximum atomic E-state index is 12.9. The van der Waals surface area contributed by atoms with Crippen LogP contribution in [0.1, 0.15) is 40.0 Å². The molecule has 1 aliphatic rings. The van der Waals surface area contributed by atoms with Gasteiger partial charge in [-0.1, -0.05) is 26.7 Å². The van der Waals surface area contributed by atoms with E-state index in [2.05, 4.69) is 19.2 Å². The maximum absolute atomic E-state index is 12.9. The topological polar surface area (TPSA) is 29.1 Å². The Morgan fingerprint density at radius 2 is 1.95 bits per heavy atom. The molecule has 0 aromatic heterocycles. The van der Waals surface area contributed by atoms with Gasteiger partial charge in [-0.05, 0) is 49.4 Å². The fourth-order valence-corrected chi connectivity index (χ4v) is 3.73. The van der Waals surface area contributed by atoms with Crippen molar-refractivity contribution < 1.29 is 9.18 Å². The number of carbonyl (C=O) groups is 1. The summed E-state index contributed by atoms with van der Waals surface area (Å²) in [6.07, 6.45) is 3.52. The summed E-state index contributed by atoms with van der Waals surface area (Å²) in [5.74, 6) is 1.03. The van der Waals surface area contributed by atoms with Crippen LogP contribution in [-0.2, 0) is 4.79 Å².